The molecule has 1 unspecified atom stereocenters. The summed E-state index contributed by atoms with van der Waals surface area (Å²) < 4.78 is 25.7. The van der Waals surface area contributed by atoms with Crippen LogP contribution < -0.4 is 10.6 Å². The van der Waals surface area contributed by atoms with Crippen molar-refractivity contribution in [2.45, 2.75) is 12.8 Å². The molecule has 0 bridgehead atoms. The normalized spacial score (nSPS) is 18.9. The van der Waals surface area contributed by atoms with Crippen molar-refractivity contribution >= 4 is 5.91 Å². The molecule has 18 heavy (non-hydrogen) atoms. The van der Waals surface area contributed by atoms with Gasteiger partial charge in [-0.3, -0.25) is 4.79 Å². The Kier molecular flexibility index (Phi) is 4.25. The molecule has 0 saturated carbocycles. The number of benzene rings is 1. The van der Waals surface area contributed by atoms with Crippen LogP contribution in [-0.4, -0.2) is 25.5 Å². The minimum atomic E-state index is -0.916. The summed E-state index contributed by atoms with van der Waals surface area (Å²) in [6.45, 7) is 2.55. The molecular weight excluding hydrogens is 238 g/mol. The third-order valence-corrected chi connectivity index (χ3v) is 3.10. The van der Waals surface area contributed by atoms with Crippen LogP contribution in [0.3, 0.4) is 0 Å². The van der Waals surface area contributed by atoms with Crippen LogP contribution in [0.4, 0.5) is 8.78 Å². The number of carbonyl (C=O) groups excluding carboxylic acids is 1. The lowest BCUT2D eigenvalue weighted by Gasteiger charge is -2.10. The van der Waals surface area contributed by atoms with Crippen LogP contribution in [0.15, 0.2) is 18.2 Å². The number of hydrogen-bond acceptors (Lipinski definition) is 2. The first-order chi connectivity index (χ1) is 8.65. The molecule has 0 aliphatic carbocycles. The molecule has 1 aromatic rings. The average molecular weight is 254 g/mol. The molecule has 5 heteroatoms. The minimum absolute atomic E-state index is 0.0807. The molecule has 1 fully saturated rings. The van der Waals surface area contributed by atoms with Gasteiger partial charge in [-0.25, -0.2) is 8.78 Å². The Hall–Kier alpha value is -1.49. The van der Waals surface area contributed by atoms with E-state index in [-0.39, 0.29) is 12.3 Å². The minimum Gasteiger partial charge on any atom is -0.355 e. The van der Waals surface area contributed by atoms with Gasteiger partial charge in [0, 0.05) is 6.54 Å². The molecule has 1 saturated heterocycles. The van der Waals surface area contributed by atoms with Gasteiger partial charge < -0.3 is 10.6 Å². The van der Waals surface area contributed by atoms with Gasteiger partial charge >= 0.3 is 0 Å². The Morgan fingerprint density at radius 3 is 2.89 bits per heavy atom. The molecule has 2 rings (SSSR count). The van der Waals surface area contributed by atoms with E-state index in [1.807, 2.05) is 0 Å². The summed E-state index contributed by atoms with van der Waals surface area (Å²) in [5.74, 6) is -1.50. The fraction of sp³-hybridized carbons (Fsp3) is 0.462. The van der Waals surface area contributed by atoms with Gasteiger partial charge in [0.25, 0.3) is 0 Å². The first-order valence-electron chi connectivity index (χ1n) is 6.06. The molecule has 1 heterocycles. The van der Waals surface area contributed by atoms with Crippen molar-refractivity contribution in [3.05, 3.63) is 35.4 Å². The summed E-state index contributed by atoms with van der Waals surface area (Å²) in [4.78, 5) is 11.6. The van der Waals surface area contributed by atoms with Gasteiger partial charge in [-0.2, -0.15) is 0 Å². The number of halogens is 2. The first-order valence-corrected chi connectivity index (χ1v) is 6.06. The van der Waals surface area contributed by atoms with E-state index < -0.39 is 11.6 Å². The zero-order valence-electron chi connectivity index (χ0n) is 10.0. The Morgan fingerprint density at radius 1 is 1.39 bits per heavy atom. The second kappa shape index (κ2) is 5.91. The monoisotopic (exact) mass is 254 g/mol. The van der Waals surface area contributed by atoms with Gasteiger partial charge in [-0.1, -0.05) is 6.07 Å². The van der Waals surface area contributed by atoms with Gasteiger partial charge in [-0.15, -0.1) is 0 Å². The van der Waals surface area contributed by atoms with Crippen LogP contribution in [0.5, 0.6) is 0 Å². The number of hydrogen-bond donors (Lipinski definition) is 2. The lowest BCUT2D eigenvalue weighted by atomic mass is 10.1. The highest BCUT2D eigenvalue weighted by molar-refractivity contribution is 5.78. The lowest BCUT2D eigenvalue weighted by Crippen LogP contribution is -2.31. The van der Waals surface area contributed by atoms with Crippen molar-refractivity contribution in [3.8, 4) is 0 Å². The number of carbonyl (C=O) groups is 1. The quantitative estimate of drug-likeness (QED) is 0.848. The van der Waals surface area contributed by atoms with Crippen molar-refractivity contribution in [1.82, 2.24) is 10.6 Å². The smallest absolute Gasteiger partial charge is 0.224 e. The maximum absolute atomic E-state index is 12.9. The summed E-state index contributed by atoms with van der Waals surface area (Å²) in [5, 5.41) is 6.03. The molecule has 1 atom stereocenters. The van der Waals surface area contributed by atoms with Crippen LogP contribution >= 0.6 is 0 Å². The van der Waals surface area contributed by atoms with Gasteiger partial charge in [0.2, 0.25) is 5.91 Å². The molecule has 2 N–H and O–H groups in total. The van der Waals surface area contributed by atoms with E-state index in [1.165, 1.54) is 6.07 Å². The van der Waals surface area contributed by atoms with Crippen molar-refractivity contribution in [2.24, 2.45) is 5.92 Å². The van der Waals surface area contributed by atoms with Gasteiger partial charge in [0.1, 0.15) is 0 Å². The van der Waals surface area contributed by atoms with E-state index in [4.69, 9.17) is 0 Å². The molecule has 98 valence electrons. The molecular formula is C13H16F2N2O. The Bertz CT molecular complexity index is 431. The predicted octanol–water partition coefficient (Wildman–Crippen LogP) is 1.23. The molecule has 0 spiro atoms. The molecule has 1 aromatic carbocycles. The van der Waals surface area contributed by atoms with E-state index in [1.54, 1.807) is 0 Å². The third kappa shape index (κ3) is 3.50. The zero-order chi connectivity index (χ0) is 13.0. The largest absolute Gasteiger partial charge is 0.355 e. The SMILES string of the molecule is O=C(Cc1ccc(F)c(F)c1)NCC1CCNC1. The standard InChI is InChI=1S/C13H16F2N2O/c14-11-2-1-9(5-12(11)15)6-13(18)17-8-10-3-4-16-7-10/h1-2,5,10,16H,3-4,6-8H2,(H,17,18). The Morgan fingerprint density at radius 2 is 2.22 bits per heavy atom. The molecule has 1 aliphatic heterocycles. The number of rotatable bonds is 4. The molecule has 1 aliphatic rings. The molecule has 0 radical (unpaired) electrons. The highest BCUT2D eigenvalue weighted by atomic mass is 19.2. The predicted molar refractivity (Wildman–Crippen MR) is 64.0 cm³/mol. The Balaban J connectivity index is 1.80. The van der Waals surface area contributed by atoms with Crippen LogP contribution in [0.2, 0.25) is 0 Å². The second-order valence-corrected chi connectivity index (χ2v) is 4.59. The van der Waals surface area contributed by atoms with Crippen LogP contribution in [0.1, 0.15) is 12.0 Å². The van der Waals surface area contributed by atoms with Crippen LogP contribution in [-0.2, 0) is 11.2 Å². The fourth-order valence-electron chi connectivity index (χ4n) is 2.04. The van der Waals surface area contributed by atoms with Crippen molar-refractivity contribution in [3.63, 3.8) is 0 Å². The zero-order valence-corrected chi connectivity index (χ0v) is 10.0. The fourth-order valence-corrected chi connectivity index (χ4v) is 2.04. The molecule has 1 amide bonds. The lowest BCUT2D eigenvalue weighted by molar-refractivity contribution is -0.120. The number of nitrogens with one attached hydrogen (secondary N) is 2. The van der Waals surface area contributed by atoms with Crippen molar-refractivity contribution in [2.75, 3.05) is 19.6 Å². The summed E-state index contributed by atoms with van der Waals surface area (Å²) >= 11 is 0. The summed E-state index contributed by atoms with van der Waals surface area (Å²) in [7, 11) is 0. The summed E-state index contributed by atoms with van der Waals surface area (Å²) in [6.07, 6.45) is 1.14. The summed E-state index contributed by atoms with van der Waals surface area (Å²) in [6, 6.07) is 3.53. The highest BCUT2D eigenvalue weighted by Crippen LogP contribution is 2.09. The second-order valence-electron chi connectivity index (χ2n) is 4.59. The van der Waals surface area contributed by atoms with Crippen molar-refractivity contribution in [1.29, 1.82) is 0 Å². The number of amides is 1. The topological polar surface area (TPSA) is 41.1 Å². The Labute approximate surface area is 105 Å². The van der Waals surface area contributed by atoms with Crippen LogP contribution in [0, 0.1) is 17.6 Å². The van der Waals surface area contributed by atoms with Crippen LogP contribution in [0.25, 0.3) is 0 Å². The maximum atomic E-state index is 12.9. The van der Waals surface area contributed by atoms with Crippen molar-refractivity contribution < 1.29 is 13.6 Å². The molecule has 3 nitrogen and oxygen atoms in total. The van der Waals surface area contributed by atoms with Gasteiger partial charge in [0.15, 0.2) is 11.6 Å². The highest BCUT2D eigenvalue weighted by Gasteiger charge is 2.15. The van der Waals surface area contributed by atoms with Gasteiger partial charge in [0.05, 0.1) is 6.42 Å². The van der Waals surface area contributed by atoms with E-state index in [0.717, 1.165) is 31.6 Å². The van der Waals surface area contributed by atoms with E-state index >= 15 is 0 Å². The molecule has 0 aromatic heterocycles. The summed E-state index contributed by atoms with van der Waals surface area (Å²) in [5.41, 5.74) is 0.482. The van der Waals surface area contributed by atoms with E-state index in [0.29, 0.717) is 18.0 Å². The first kappa shape index (κ1) is 13.0. The van der Waals surface area contributed by atoms with Gasteiger partial charge in [-0.05, 0) is 43.1 Å². The van der Waals surface area contributed by atoms with E-state index in [9.17, 15) is 13.6 Å². The maximum Gasteiger partial charge on any atom is 0.224 e. The average Bonchev–Trinajstić information content (AvgIpc) is 2.84. The third-order valence-electron chi connectivity index (χ3n) is 3.10. The van der Waals surface area contributed by atoms with E-state index in [2.05, 4.69) is 10.6 Å².